The molecule has 0 radical (unpaired) electrons. The summed E-state index contributed by atoms with van der Waals surface area (Å²) in [6.45, 7) is 4.07. The van der Waals surface area contributed by atoms with Gasteiger partial charge in [0.1, 0.15) is 5.75 Å². The van der Waals surface area contributed by atoms with E-state index in [-0.39, 0.29) is 10.8 Å². The summed E-state index contributed by atoms with van der Waals surface area (Å²) in [5.74, 6) is 0.700. The zero-order valence-electron chi connectivity index (χ0n) is 16.4. The Morgan fingerprint density at radius 1 is 1.10 bits per heavy atom. The second-order valence-electron chi connectivity index (χ2n) is 6.87. The largest absolute Gasteiger partial charge is 0.495 e. The first-order chi connectivity index (χ1) is 13.9. The lowest BCUT2D eigenvalue weighted by atomic mass is 10.2. The molecule has 9 heteroatoms. The van der Waals surface area contributed by atoms with E-state index < -0.39 is 10.0 Å². The average Bonchev–Trinajstić information content (AvgIpc) is 2.72. The van der Waals surface area contributed by atoms with Crippen molar-refractivity contribution in [2.24, 2.45) is 5.14 Å². The van der Waals surface area contributed by atoms with Crippen LogP contribution in [0.5, 0.6) is 5.75 Å². The fraction of sp³-hybridized carbons (Fsp3) is 0.350. The summed E-state index contributed by atoms with van der Waals surface area (Å²) in [7, 11) is -2.12. The maximum absolute atomic E-state index is 12.2. The number of benzene rings is 2. The Kier molecular flexibility index (Phi) is 6.73. The van der Waals surface area contributed by atoms with Crippen LogP contribution in [0.15, 0.2) is 53.4 Å². The van der Waals surface area contributed by atoms with Crippen LogP contribution in [0.3, 0.4) is 0 Å². The SMILES string of the molecule is COc1ccccc1N1CCN(CCC(=O)Nc2cccc(S(N)(=O)=O)c2)CC1. The fourth-order valence-corrected chi connectivity index (χ4v) is 3.90. The molecule has 1 heterocycles. The van der Waals surface area contributed by atoms with Gasteiger partial charge < -0.3 is 15.0 Å². The molecule has 0 bridgehead atoms. The van der Waals surface area contributed by atoms with Crippen LogP contribution in [0.4, 0.5) is 11.4 Å². The summed E-state index contributed by atoms with van der Waals surface area (Å²) in [6, 6.07) is 13.9. The molecule has 1 saturated heterocycles. The van der Waals surface area contributed by atoms with Crippen LogP contribution in [-0.4, -0.2) is 59.1 Å². The van der Waals surface area contributed by atoms with Crippen LogP contribution in [-0.2, 0) is 14.8 Å². The van der Waals surface area contributed by atoms with E-state index in [9.17, 15) is 13.2 Å². The number of ether oxygens (including phenoxy) is 1. The topological polar surface area (TPSA) is 105 Å². The fourth-order valence-electron chi connectivity index (χ4n) is 3.34. The Morgan fingerprint density at radius 3 is 2.52 bits per heavy atom. The van der Waals surface area contributed by atoms with Gasteiger partial charge in [-0.05, 0) is 30.3 Å². The van der Waals surface area contributed by atoms with Crippen LogP contribution in [0.25, 0.3) is 0 Å². The number of carbonyl (C=O) groups is 1. The summed E-state index contributed by atoms with van der Waals surface area (Å²) in [5, 5.41) is 7.86. The predicted octanol–water partition coefficient (Wildman–Crippen LogP) is 1.49. The minimum atomic E-state index is -3.80. The highest BCUT2D eigenvalue weighted by atomic mass is 32.2. The Labute approximate surface area is 171 Å². The Bertz CT molecular complexity index is 956. The van der Waals surface area contributed by atoms with Crippen LogP contribution in [0, 0.1) is 0 Å². The van der Waals surface area contributed by atoms with Crippen molar-refractivity contribution < 1.29 is 17.9 Å². The normalized spacial score (nSPS) is 15.2. The van der Waals surface area contributed by atoms with Gasteiger partial charge >= 0.3 is 0 Å². The van der Waals surface area contributed by atoms with Crippen molar-refractivity contribution in [2.75, 3.05) is 50.1 Å². The summed E-state index contributed by atoms with van der Waals surface area (Å²) >= 11 is 0. The van der Waals surface area contributed by atoms with Crippen LogP contribution in [0.2, 0.25) is 0 Å². The molecule has 1 aliphatic heterocycles. The number of amides is 1. The smallest absolute Gasteiger partial charge is 0.238 e. The van der Waals surface area contributed by atoms with Gasteiger partial charge in [0.05, 0.1) is 17.7 Å². The lowest BCUT2D eigenvalue weighted by molar-refractivity contribution is -0.116. The van der Waals surface area contributed by atoms with Gasteiger partial charge in [0.25, 0.3) is 0 Å². The highest BCUT2D eigenvalue weighted by molar-refractivity contribution is 7.89. The molecule has 0 atom stereocenters. The van der Waals surface area contributed by atoms with Gasteiger partial charge in [-0.2, -0.15) is 0 Å². The summed E-state index contributed by atoms with van der Waals surface area (Å²) in [5.41, 5.74) is 1.50. The standard InChI is InChI=1S/C20H26N4O4S/c1-28-19-8-3-2-7-18(19)24-13-11-23(12-14-24)10-9-20(25)22-16-5-4-6-17(15-16)29(21,26)27/h2-8,15H,9-14H2,1H3,(H,22,25)(H2,21,26,27). The molecule has 3 rings (SSSR count). The van der Waals surface area contributed by atoms with E-state index >= 15 is 0 Å². The zero-order chi connectivity index (χ0) is 20.9. The molecule has 3 N–H and O–H groups in total. The minimum absolute atomic E-state index is 0.0252. The van der Waals surface area contributed by atoms with E-state index in [1.807, 2.05) is 18.2 Å². The summed E-state index contributed by atoms with van der Waals surface area (Å²) in [4.78, 5) is 16.7. The number of nitrogens with two attached hydrogens (primary N) is 1. The highest BCUT2D eigenvalue weighted by Gasteiger charge is 2.20. The number of anilines is 2. The number of primary sulfonamides is 1. The van der Waals surface area contributed by atoms with Gasteiger partial charge in [-0.1, -0.05) is 18.2 Å². The first-order valence-electron chi connectivity index (χ1n) is 9.40. The minimum Gasteiger partial charge on any atom is -0.495 e. The van der Waals surface area contributed by atoms with Crippen LogP contribution in [0.1, 0.15) is 6.42 Å². The number of para-hydroxylation sites is 2. The van der Waals surface area contributed by atoms with E-state index in [0.29, 0.717) is 18.7 Å². The maximum atomic E-state index is 12.2. The Balaban J connectivity index is 1.47. The van der Waals surface area contributed by atoms with E-state index in [0.717, 1.165) is 37.6 Å². The zero-order valence-corrected chi connectivity index (χ0v) is 17.2. The monoisotopic (exact) mass is 418 g/mol. The van der Waals surface area contributed by atoms with Crippen LogP contribution >= 0.6 is 0 Å². The van der Waals surface area contributed by atoms with Crippen molar-refractivity contribution in [3.8, 4) is 5.75 Å². The van der Waals surface area contributed by atoms with Crippen molar-refractivity contribution >= 4 is 27.3 Å². The van der Waals surface area contributed by atoms with Gasteiger partial charge in [0.2, 0.25) is 15.9 Å². The molecule has 1 fully saturated rings. The molecule has 0 spiro atoms. The van der Waals surface area contributed by atoms with Crippen molar-refractivity contribution in [3.63, 3.8) is 0 Å². The molecule has 2 aromatic rings. The van der Waals surface area contributed by atoms with Gasteiger partial charge in [0.15, 0.2) is 0 Å². The number of hydrogen-bond donors (Lipinski definition) is 2. The Hall–Kier alpha value is -2.62. The third-order valence-corrected chi connectivity index (χ3v) is 5.81. The molecule has 1 aliphatic rings. The molecular formula is C20H26N4O4S. The molecule has 29 heavy (non-hydrogen) atoms. The third kappa shape index (κ3) is 5.69. The summed E-state index contributed by atoms with van der Waals surface area (Å²) in [6.07, 6.45) is 0.328. The first kappa shape index (κ1) is 21.1. The van der Waals surface area contributed by atoms with E-state index in [2.05, 4.69) is 21.2 Å². The predicted molar refractivity (Wildman–Crippen MR) is 113 cm³/mol. The number of nitrogens with zero attached hydrogens (tertiary/aromatic N) is 2. The number of hydrogen-bond acceptors (Lipinski definition) is 6. The Morgan fingerprint density at radius 2 is 1.83 bits per heavy atom. The maximum Gasteiger partial charge on any atom is 0.238 e. The number of rotatable bonds is 7. The van der Waals surface area contributed by atoms with Gasteiger partial charge in [-0.3, -0.25) is 9.69 Å². The number of nitrogens with one attached hydrogen (secondary N) is 1. The lowest BCUT2D eigenvalue weighted by Crippen LogP contribution is -2.47. The van der Waals surface area contributed by atoms with E-state index in [1.54, 1.807) is 19.2 Å². The molecular weight excluding hydrogens is 392 g/mol. The van der Waals surface area contributed by atoms with Crippen molar-refractivity contribution in [3.05, 3.63) is 48.5 Å². The number of methoxy groups -OCH3 is 1. The third-order valence-electron chi connectivity index (χ3n) is 4.90. The molecule has 1 amide bonds. The quantitative estimate of drug-likeness (QED) is 0.706. The number of sulfonamides is 1. The molecule has 8 nitrogen and oxygen atoms in total. The van der Waals surface area contributed by atoms with E-state index in [4.69, 9.17) is 9.88 Å². The summed E-state index contributed by atoms with van der Waals surface area (Å²) < 4.78 is 28.3. The van der Waals surface area contributed by atoms with Crippen molar-refractivity contribution in [2.45, 2.75) is 11.3 Å². The molecule has 2 aromatic carbocycles. The second kappa shape index (κ2) is 9.25. The molecule has 0 aliphatic carbocycles. The number of piperazine rings is 1. The van der Waals surface area contributed by atoms with Gasteiger partial charge in [0, 0.05) is 44.8 Å². The first-order valence-corrected chi connectivity index (χ1v) is 10.9. The molecule has 156 valence electrons. The van der Waals surface area contributed by atoms with Crippen molar-refractivity contribution in [1.29, 1.82) is 0 Å². The highest BCUT2D eigenvalue weighted by Crippen LogP contribution is 2.28. The second-order valence-corrected chi connectivity index (χ2v) is 8.43. The van der Waals surface area contributed by atoms with E-state index in [1.165, 1.54) is 12.1 Å². The number of carbonyl (C=O) groups excluding carboxylic acids is 1. The lowest BCUT2D eigenvalue weighted by Gasteiger charge is -2.36. The van der Waals surface area contributed by atoms with Gasteiger partial charge in [-0.25, -0.2) is 13.6 Å². The van der Waals surface area contributed by atoms with Gasteiger partial charge in [-0.15, -0.1) is 0 Å². The molecule has 0 aromatic heterocycles. The average molecular weight is 419 g/mol. The van der Waals surface area contributed by atoms with Crippen molar-refractivity contribution in [1.82, 2.24) is 4.90 Å². The molecule has 0 saturated carbocycles. The van der Waals surface area contributed by atoms with Crippen LogP contribution < -0.4 is 20.1 Å². The molecule has 0 unspecified atom stereocenters.